The quantitative estimate of drug-likeness (QED) is 0.385. The zero-order valence-electron chi connectivity index (χ0n) is 16.4. The van der Waals surface area contributed by atoms with E-state index < -0.39 is 5.97 Å². The van der Waals surface area contributed by atoms with Crippen molar-refractivity contribution in [3.8, 4) is 11.5 Å². The molecule has 154 valence electrons. The molecule has 4 aromatic rings. The molecule has 0 saturated heterocycles. The summed E-state index contributed by atoms with van der Waals surface area (Å²) in [6.07, 6.45) is 1.61. The Morgan fingerprint density at radius 2 is 1.47 bits per heavy atom. The molecule has 6 heteroatoms. The highest BCUT2D eigenvalue weighted by atomic mass is 19.1. The summed E-state index contributed by atoms with van der Waals surface area (Å²) < 4.78 is 26.1. The molecule has 0 aliphatic rings. The molecule has 0 atom stereocenters. The average Bonchev–Trinajstić information content (AvgIpc) is 3.05. The van der Waals surface area contributed by atoms with Crippen LogP contribution in [-0.2, 0) is 11.3 Å². The lowest BCUT2D eigenvalue weighted by Gasteiger charge is -2.09. The maximum absolute atomic E-state index is 12.9. The second-order valence-electron chi connectivity index (χ2n) is 7.03. The second kappa shape index (κ2) is 8.86. The van der Waals surface area contributed by atoms with Crippen LogP contribution in [0.1, 0.15) is 12.8 Å². The first-order valence-electron chi connectivity index (χ1n) is 9.86. The third-order valence-corrected chi connectivity index (χ3v) is 4.93. The molecule has 1 heterocycles. The number of hydrogen-bond donors (Lipinski definition) is 1. The molecule has 0 spiro atoms. The zero-order valence-corrected chi connectivity index (χ0v) is 16.4. The Balaban J connectivity index is 1.38. The molecule has 1 aromatic heterocycles. The number of aromatic nitrogens is 1. The van der Waals surface area contributed by atoms with E-state index in [0.717, 1.165) is 34.6 Å². The maximum atomic E-state index is 12.9. The van der Waals surface area contributed by atoms with E-state index in [-0.39, 0.29) is 12.4 Å². The van der Waals surface area contributed by atoms with Gasteiger partial charge in [-0.05, 0) is 55.3 Å². The summed E-state index contributed by atoms with van der Waals surface area (Å²) in [6, 6.07) is 19.5. The van der Waals surface area contributed by atoms with Crippen LogP contribution >= 0.6 is 0 Å². The Morgan fingerprint density at radius 1 is 0.833 bits per heavy atom. The van der Waals surface area contributed by atoms with Crippen LogP contribution in [0.15, 0.2) is 66.7 Å². The zero-order chi connectivity index (χ0) is 20.9. The van der Waals surface area contributed by atoms with Crippen LogP contribution in [0.5, 0.6) is 11.5 Å². The molecule has 0 amide bonds. The van der Waals surface area contributed by atoms with Gasteiger partial charge in [0.2, 0.25) is 0 Å². The number of para-hydroxylation sites is 1. The van der Waals surface area contributed by atoms with E-state index in [4.69, 9.17) is 9.47 Å². The number of ether oxygens (including phenoxy) is 2. The van der Waals surface area contributed by atoms with E-state index in [1.165, 1.54) is 12.1 Å². The summed E-state index contributed by atoms with van der Waals surface area (Å²) in [5.41, 5.74) is 1.74. The minimum Gasteiger partial charge on any atom is -0.494 e. The first-order valence-corrected chi connectivity index (χ1v) is 9.86. The van der Waals surface area contributed by atoms with E-state index >= 15 is 0 Å². The van der Waals surface area contributed by atoms with Gasteiger partial charge in [0.1, 0.15) is 23.9 Å². The number of unbranched alkanes of at least 4 members (excludes halogenated alkanes) is 1. The van der Waals surface area contributed by atoms with Gasteiger partial charge in [-0.1, -0.05) is 18.2 Å². The van der Waals surface area contributed by atoms with Crippen LogP contribution in [0.3, 0.4) is 0 Å². The number of carboxylic acids is 1. The largest absolute Gasteiger partial charge is 0.494 e. The Bertz CT molecular complexity index is 1170. The standard InChI is InChI=1S/C24H22FNO4/c25-17-7-9-18(10-8-17)29-13-3-4-14-30-19-11-12-21-20-5-1-2-6-22(20)26(16-24(27)28)23(21)15-19/h1-2,5-12,15H,3-4,13-14,16H2,(H,27,28). The number of rotatable bonds is 9. The molecule has 5 nitrogen and oxygen atoms in total. The SMILES string of the molecule is O=C(O)Cn1c2ccccc2c2ccc(OCCCCOc3ccc(F)cc3)cc21. The van der Waals surface area contributed by atoms with Gasteiger partial charge in [0.25, 0.3) is 0 Å². The fourth-order valence-electron chi connectivity index (χ4n) is 3.54. The van der Waals surface area contributed by atoms with E-state index in [9.17, 15) is 14.3 Å². The van der Waals surface area contributed by atoms with Gasteiger partial charge in [-0.3, -0.25) is 4.79 Å². The normalized spacial score (nSPS) is 11.1. The number of hydrogen-bond acceptors (Lipinski definition) is 3. The lowest BCUT2D eigenvalue weighted by Crippen LogP contribution is -2.08. The molecule has 0 radical (unpaired) electrons. The molecular formula is C24H22FNO4. The van der Waals surface area contributed by atoms with Gasteiger partial charge in [0.15, 0.2) is 0 Å². The number of aliphatic carboxylic acids is 1. The second-order valence-corrected chi connectivity index (χ2v) is 7.03. The lowest BCUT2D eigenvalue weighted by molar-refractivity contribution is -0.137. The molecular weight excluding hydrogens is 385 g/mol. The third-order valence-electron chi connectivity index (χ3n) is 4.93. The van der Waals surface area contributed by atoms with Gasteiger partial charge in [-0.25, -0.2) is 4.39 Å². The predicted molar refractivity (Wildman–Crippen MR) is 114 cm³/mol. The van der Waals surface area contributed by atoms with Crippen LogP contribution in [-0.4, -0.2) is 28.9 Å². The van der Waals surface area contributed by atoms with Crippen molar-refractivity contribution in [1.82, 2.24) is 4.57 Å². The van der Waals surface area contributed by atoms with Gasteiger partial charge in [0, 0.05) is 22.4 Å². The van der Waals surface area contributed by atoms with Gasteiger partial charge < -0.3 is 19.1 Å². The number of carboxylic acid groups (broad SMARTS) is 1. The summed E-state index contributed by atoms with van der Waals surface area (Å²) in [7, 11) is 0. The highest BCUT2D eigenvalue weighted by molar-refractivity contribution is 6.08. The van der Waals surface area contributed by atoms with E-state index in [1.807, 2.05) is 42.5 Å². The summed E-state index contributed by atoms with van der Waals surface area (Å²) >= 11 is 0. The number of benzene rings is 3. The fourth-order valence-corrected chi connectivity index (χ4v) is 3.54. The smallest absolute Gasteiger partial charge is 0.323 e. The van der Waals surface area contributed by atoms with Crippen molar-refractivity contribution < 1.29 is 23.8 Å². The number of nitrogens with zero attached hydrogens (tertiary/aromatic N) is 1. The van der Waals surface area contributed by atoms with Crippen molar-refractivity contribution in [1.29, 1.82) is 0 Å². The fraction of sp³-hybridized carbons (Fsp3) is 0.208. The minimum atomic E-state index is -0.884. The molecule has 0 fully saturated rings. The lowest BCUT2D eigenvalue weighted by atomic mass is 10.1. The van der Waals surface area contributed by atoms with Gasteiger partial charge >= 0.3 is 5.97 Å². The van der Waals surface area contributed by atoms with Crippen molar-refractivity contribution >= 4 is 27.8 Å². The Morgan fingerprint density at radius 3 is 2.20 bits per heavy atom. The van der Waals surface area contributed by atoms with E-state index in [0.29, 0.717) is 24.7 Å². The van der Waals surface area contributed by atoms with Crippen LogP contribution in [0.4, 0.5) is 4.39 Å². The average molecular weight is 407 g/mol. The van der Waals surface area contributed by atoms with Crippen molar-refractivity contribution in [3.05, 3.63) is 72.5 Å². The Hall–Kier alpha value is -3.54. The number of fused-ring (bicyclic) bond motifs is 3. The molecule has 30 heavy (non-hydrogen) atoms. The summed E-state index contributed by atoms with van der Waals surface area (Å²) in [5.74, 6) is 0.186. The topological polar surface area (TPSA) is 60.7 Å². The van der Waals surface area contributed by atoms with E-state index in [1.54, 1.807) is 16.7 Å². The monoisotopic (exact) mass is 407 g/mol. The van der Waals surface area contributed by atoms with Crippen molar-refractivity contribution in [2.24, 2.45) is 0 Å². The van der Waals surface area contributed by atoms with Crippen LogP contribution in [0.2, 0.25) is 0 Å². The van der Waals surface area contributed by atoms with E-state index in [2.05, 4.69) is 0 Å². The number of carbonyl (C=O) groups is 1. The molecule has 1 N–H and O–H groups in total. The summed E-state index contributed by atoms with van der Waals surface area (Å²) in [5, 5.41) is 11.3. The Labute approximate surface area is 173 Å². The molecule has 3 aromatic carbocycles. The highest BCUT2D eigenvalue weighted by Gasteiger charge is 2.13. The molecule has 0 aliphatic heterocycles. The number of halogens is 1. The van der Waals surface area contributed by atoms with Crippen LogP contribution in [0, 0.1) is 5.82 Å². The van der Waals surface area contributed by atoms with Crippen molar-refractivity contribution in [2.45, 2.75) is 19.4 Å². The van der Waals surface area contributed by atoms with Crippen LogP contribution in [0.25, 0.3) is 21.8 Å². The summed E-state index contributed by atoms with van der Waals surface area (Å²) in [4.78, 5) is 11.3. The molecule has 0 unspecified atom stereocenters. The molecule has 4 rings (SSSR count). The third kappa shape index (κ3) is 4.38. The van der Waals surface area contributed by atoms with Gasteiger partial charge in [-0.15, -0.1) is 0 Å². The summed E-state index contributed by atoms with van der Waals surface area (Å²) in [6.45, 7) is 0.951. The predicted octanol–water partition coefficient (Wildman–Crippen LogP) is 5.26. The maximum Gasteiger partial charge on any atom is 0.323 e. The first-order chi connectivity index (χ1) is 14.6. The van der Waals surface area contributed by atoms with Gasteiger partial charge in [0.05, 0.1) is 18.7 Å². The first kappa shape index (κ1) is 19.8. The minimum absolute atomic E-state index is 0.103. The molecule has 0 bridgehead atoms. The van der Waals surface area contributed by atoms with Crippen molar-refractivity contribution in [2.75, 3.05) is 13.2 Å². The Kier molecular flexibility index (Phi) is 5.84. The molecule has 0 saturated carbocycles. The highest BCUT2D eigenvalue weighted by Crippen LogP contribution is 2.31. The van der Waals surface area contributed by atoms with Gasteiger partial charge in [-0.2, -0.15) is 0 Å². The van der Waals surface area contributed by atoms with Crippen LogP contribution < -0.4 is 9.47 Å². The molecule has 0 aliphatic carbocycles. The van der Waals surface area contributed by atoms with Crippen molar-refractivity contribution in [3.63, 3.8) is 0 Å².